The van der Waals surface area contributed by atoms with E-state index in [0.29, 0.717) is 17.1 Å². The van der Waals surface area contributed by atoms with E-state index in [1.54, 1.807) is 0 Å². The molecule has 0 bridgehead atoms. The Kier molecular flexibility index (Phi) is 4.23. The van der Waals surface area contributed by atoms with Gasteiger partial charge in [-0.2, -0.15) is 18.3 Å². The molecule has 26 heavy (non-hydrogen) atoms. The van der Waals surface area contributed by atoms with E-state index in [-0.39, 0.29) is 29.7 Å². The van der Waals surface area contributed by atoms with Crippen molar-refractivity contribution in [2.24, 2.45) is 0 Å². The van der Waals surface area contributed by atoms with Crippen molar-refractivity contribution in [2.45, 2.75) is 12.6 Å². The second kappa shape index (κ2) is 6.25. The smallest absolute Gasteiger partial charge is 0.274 e. The highest BCUT2D eigenvalue weighted by Gasteiger charge is 2.38. The van der Waals surface area contributed by atoms with Gasteiger partial charge in [-0.1, -0.05) is 25.3 Å². The summed E-state index contributed by atoms with van der Waals surface area (Å²) in [6.07, 6.45) is -0.412. The van der Waals surface area contributed by atoms with Gasteiger partial charge in [0.2, 0.25) is 0 Å². The lowest BCUT2D eigenvalue weighted by molar-refractivity contribution is -0.0888. The minimum absolute atomic E-state index is 0.104. The van der Waals surface area contributed by atoms with Gasteiger partial charge in [-0.15, -0.1) is 0 Å². The zero-order valence-electron chi connectivity index (χ0n) is 13.4. The van der Waals surface area contributed by atoms with Gasteiger partial charge in [0.15, 0.2) is 5.65 Å². The molecule has 0 unspecified atom stereocenters. The number of H-pyrrole nitrogens is 1. The summed E-state index contributed by atoms with van der Waals surface area (Å²) in [5.74, 6) is -1.19. The van der Waals surface area contributed by atoms with Crippen LogP contribution in [0.2, 0.25) is 0 Å². The molecule has 1 aliphatic heterocycles. The van der Waals surface area contributed by atoms with Crippen LogP contribution in [0.25, 0.3) is 11.0 Å². The fourth-order valence-electron chi connectivity index (χ4n) is 2.88. The average Bonchev–Trinajstić information content (AvgIpc) is 3.14. The maximum Gasteiger partial charge on any atom is 0.416 e. The molecule has 0 aromatic carbocycles. The van der Waals surface area contributed by atoms with Gasteiger partial charge in [-0.05, 0) is 12.0 Å². The third-order valence-corrected chi connectivity index (χ3v) is 4.12. The highest BCUT2D eigenvalue weighted by molar-refractivity contribution is 6.25. The number of nitrogens with one attached hydrogen (secondary N) is 1. The molecule has 2 aromatic rings. The van der Waals surface area contributed by atoms with E-state index in [0.717, 1.165) is 11.0 Å². The number of rotatable bonds is 5. The molecule has 2 amide bonds. The van der Waals surface area contributed by atoms with Crippen LogP contribution < -0.4 is 0 Å². The average molecular weight is 362 g/mol. The SMILES string of the molecule is C=C/C(CCN1C(=O)c2cnc3[nH]ncc3c2C1=O)=C(\C=C)C(F)(F)F. The fourth-order valence-corrected chi connectivity index (χ4v) is 2.88. The van der Waals surface area contributed by atoms with Crippen molar-refractivity contribution in [3.63, 3.8) is 0 Å². The number of alkyl halides is 3. The van der Waals surface area contributed by atoms with Gasteiger partial charge in [0.05, 0.1) is 28.3 Å². The zero-order valence-corrected chi connectivity index (χ0v) is 13.4. The number of aromatic amines is 1. The van der Waals surface area contributed by atoms with Crippen molar-refractivity contribution >= 4 is 22.8 Å². The van der Waals surface area contributed by atoms with E-state index in [2.05, 4.69) is 28.3 Å². The van der Waals surface area contributed by atoms with Crippen molar-refractivity contribution < 1.29 is 22.8 Å². The van der Waals surface area contributed by atoms with Gasteiger partial charge in [0.1, 0.15) is 0 Å². The van der Waals surface area contributed by atoms with Crippen LogP contribution in [0, 0.1) is 0 Å². The molecule has 0 saturated carbocycles. The van der Waals surface area contributed by atoms with E-state index in [1.165, 1.54) is 12.4 Å². The van der Waals surface area contributed by atoms with Gasteiger partial charge >= 0.3 is 6.18 Å². The number of carbonyl (C=O) groups is 2. The number of carbonyl (C=O) groups excluding carboxylic acids is 2. The van der Waals surface area contributed by atoms with E-state index < -0.39 is 23.6 Å². The number of imide groups is 1. The first kappa shape index (κ1) is 17.6. The molecule has 2 aromatic heterocycles. The summed E-state index contributed by atoms with van der Waals surface area (Å²) < 4.78 is 39.1. The van der Waals surface area contributed by atoms with Gasteiger partial charge in [-0.25, -0.2) is 4.98 Å². The summed E-state index contributed by atoms with van der Waals surface area (Å²) in [4.78, 5) is 30.0. The number of aromatic nitrogens is 3. The van der Waals surface area contributed by atoms with Crippen LogP contribution in [0.1, 0.15) is 27.1 Å². The standard InChI is InChI=1S/C17H13F3N4O2/c1-3-9(12(4-2)17(18,19)20)5-6-24-15(25)11-7-21-14-10(8-22-23-14)13(11)16(24)26/h3-4,7-8H,1-2,5-6H2,(H,21,22,23)/b12-9-. The Hall–Kier alpha value is -3.23. The second-order valence-corrected chi connectivity index (χ2v) is 5.54. The molecule has 9 heteroatoms. The van der Waals surface area contributed by atoms with E-state index in [9.17, 15) is 22.8 Å². The molecule has 0 saturated heterocycles. The lowest BCUT2D eigenvalue weighted by Crippen LogP contribution is -2.31. The van der Waals surface area contributed by atoms with Gasteiger partial charge in [0, 0.05) is 12.7 Å². The minimum atomic E-state index is -4.60. The number of allylic oxidation sites excluding steroid dienone is 3. The van der Waals surface area contributed by atoms with Crippen LogP contribution in [0.4, 0.5) is 13.2 Å². The number of pyridine rings is 1. The number of hydrogen-bond acceptors (Lipinski definition) is 4. The lowest BCUT2D eigenvalue weighted by atomic mass is 10.0. The van der Waals surface area contributed by atoms with Crippen molar-refractivity contribution in [1.29, 1.82) is 0 Å². The fraction of sp³-hybridized carbons (Fsp3) is 0.176. The molecule has 0 fully saturated rings. The van der Waals surface area contributed by atoms with Crippen molar-refractivity contribution in [3.8, 4) is 0 Å². The van der Waals surface area contributed by atoms with Crippen LogP contribution in [0.15, 0.2) is 48.8 Å². The minimum Gasteiger partial charge on any atom is -0.274 e. The molecule has 0 atom stereocenters. The van der Waals surface area contributed by atoms with Crippen molar-refractivity contribution in [3.05, 3.63) is 60.0 Å². The predicted octanol–water partition coefficient (Wildman–Crippen LogP) is 3.17. The molecule has 3 rings (SSSR count). The Balaban J connectivity index is 1.91. The molecule has 3 heterocycles. The molecular formula is C17H13F3N4O2. The Bertz CT molecular complexity index is 972. The topological polar surface area (TPSA) is 79.0 Å². The third kappa shape index (κ3) is 2.71. The molecular weight excluding hydrogens is 349 g/mol. The number of fused-ring (bicyclic) bond motifs is 3. The van der Waals surface area contributed by atoms with E-state index >= 15 is 0 Å². The Labute approximate surface area is 145 Å². The van der Waals surface area contributed by atoms with Crippen LogP contribution >= 0.6 is 0 Å². The van der Waals surface area contributed by atoms with Gasteiger partial charge in [0.25, 0.3) is 11.8 Å². The van der Waals surface area contributed by atoms with Gasteiger partial charge < -0.3 is 0 Å². The molecule has 1 aliphatic rings. The van der Waals surface area contributed by atoms with Crippen LogP contribution in [-0.4, -0.2) is 44.6 Å². The molecule has 0 spiro atoms. The number of amides is 2. The molecule has 134 valence electrons. The van der Waals surface area contributed by atoms with Crippen LogP contribution in [0.3, 0.4) is 0 Å². The first-order valence-electron chi connectivity index (χ1n) is 7.53. The van der Waals surface area contributed by atoms with E-state index in [1.807, 2.05) is 0 Å². The number of nitrogens with zero attached hydrogens (tertiary/aromatic N) is 3. The third-order valence-electron chi connectivity index (χ3n) is 4.12. The molecule has 6 nitrogen and oxygen atoms in total. The lowest BCUT2D eigenvalue weighted by Gasteiger charge is -2.17. The highest BCUT2D eigenvalue weighted by atomic mass is 19.4. The Morgan fingerprint density at radius 3 is 2.54 bits per heavy atom. The Morgan fingerprint density at radius 1 is 1.19 bits per heavy atom. The summed E-state index contributed by atoms with van der Waals surface area (Å²) in [6.45, 7) is 6.34. The summed E-state index contributed by atoms with van der Waals surface area (Å²) in [7, 11) is 0. The summed E-state index contributed by atoms with van der Waals surface area (Å²) in [5, 5.41) is 6.78. The molecule has 1 N–H and O–H groups in total. The monoisotopic (exact) mass is 362 g/mol. The summed E-state index contributed by atoms with van der Waals surface area (Å²) in [5.41, 5.74) is -0.478. The van der Waals surface area contributed by atoms with Crippen LogP contribution in [-0.2, 0) is 0 Å². The number of hydrogen-bond donors (Lipinski definition) is 1. The first-order chi connectivity index (χ1) is 12.3. The van der Waals surface area contributed by atoms with E-state index in [4.69, 9.17) is 0 Å². The highest BCUT2D eigenvalue weighted by Crippen LogP contribution is 2.32. The quantitative estimate of drug-likeness (QED) is 0.655. The van der Waals surface area contributed by atoms with Crippen LogP contribution in [0.5, 0.6) is 0 Å². The summed E-state index contributed by atoms with van der Waals surface area (Å²) >= 11 is 0. The second-order valence-electron chi connectivity index (χ2n) is 5.54. The van der Waals surface area contributed by atoms with Crippen molar-refractivity contribution in [1.82, 2.24) is 20.1 Å². The Morgan fingerprint density at radius 2 is 1.92 bits per heavy atom. The predicted molar refractivity (Wildman–Crippen MR) is 87.3 cm³/mol. The zero-order chi connectivity index (χ0) is 19.1. The maximum atomic E-state index is 13.0. The van der Waals surface area contributed by atoms with Gasteiger partial charge in [-0.3, -0.25) is 19.6 Å². The molecule has 0 radical (unpaired) electrons. The maximum absolute atomic E-state index is 13.0. The normalized spacial score (nSPS) is 15.3. The summed E-state index contributed by atoms with van der Waals surface area (Å²) in [6, 6.07) is 0. The first-order valence-corrected chi connectivity index (χ1v) is 7.53. The van der Waals surface area contributed by atoms with Crippen molar-refractivity contribution in [2.75, 3.05) is 6.54 Å². The largest absolute Gasteiger partial charge is 0.416 e. The molecule has 0 aliphatic carbocycles. The number of halogens is 3.